The molecule has 1 aromatic heterocycles. The Kier molecular flexibility index (Phi) is 8.43. The quantitative estimate of drug-likeness (QED) is 0.229. The van der Waals surface area contributed by atoms with E-state index in [2.05, 4.69) is 15.5 Å². The lowest BCUT2D eigenvalue weighted by Crippen LogP contribution is -2.71. The molecule has 1 fully saturated rings. The standard InChI is InChI=1S/C24H25N5O6S3/c1-11-4-5-13(8-36-12(2)30)6-14(11)7-15-9-37-22-18(21(32)29(22)19(15)23(33)34)27-20(31)17(28-35-3)16-10-38-24(25)26-16/h4-6,10,18,22H,7-9H2,1-3H3,(H2,25,26)(H,27,31)(H,33,34). The van der Waals surface area contributed by atoms with Crippen molar-refractivity contribution in [2.45, 2.75) is 37.4 Å². The number of thiazole rings is 1. The summed E-state index contributed by atoms with van der Waals surface area (Å²) in [6, 6.07) is 4.92. The summed E-state index contributed by atoms with van der Waals surface area (Å²) in [7, 11) is 1.28. The molecule has 0 saturated carbocycles. The molecule has 0 spiro atoms. The Bertz CT molecular complexity index is 1370. The topological polar surface area (TPSA) is 164 Å². The van der Waals surface area contributed by atoms with Gasteiger partial charge >= 0.3 is 5.97 Å². The second-order valence-corrected chi connectivity index (χ2v) is 11.7. The Morgan fingerprint density at radius 1 is 1.37 bits per heavy atom. The van der Waals surface area contributed by atoms with Crippen LogP contribution >= 0.6 is 34.9 Å². The maximum absolute atomic E-state index is 13.1. The molecule has 2 aliphatic heterocycles. The van der Waals surface area contributed by atoms with Gasteiger partial charge in [0.15, 0.2) is 16.0 Å². The first-order valence-electron chi connectivity index (χ1n) is 11.4. The number of nitrogens with zero attached hydrogens (tertiary/aromatic N) is 3. The number of fused-ring (bicyclic) bond motifs is 1. The van der Waals surface area contributed by atoms with Crippen molar-refractivity contribution >= 4 is 68.6 Å². The van der Waals surface area contributed by atoms with Gasteiger partial charge in [-0.2, -0.15) is 0 Å². The molecule has 4 rings (SSSR count). The Balaban J connectivity index is 1.53. The number of nitrogens with two attached hydrogens (primary N) is 1. The lowest BCUT2D eigenvalue weighted by molar-refractivity contribution is -0.150. The van der Waals surface area contributed by atoms with Crippen LogP contribution in [-0.4, -0.2) is 67.9 Å². The molecule has 2 aromatic rings. The molecule has 0 bridgehead atoms. The van der Waals surface area contributed by atoms with Crippen LogP contribution in [-0.2, 0) is 36.2 Å². The SMILES string of the molecule is CON=C(C(=O)NC1C(=O)N2C(C(=O)O)=C(Cc3cc(CSC(C)=O)ccc3C)CSC12)c1csc(N)n1. The van der Waals surface area contributed by atoms with Gasteiger partial charge in [-0.1, -0.05) is 35.1 Å². The number of nitrogen functional groups attached to an aromatic ring is 1. The summed E-state index contributed by atoms with van der Waals surface area (Å²) in [6.45, 7) is 3.45. The van der Waals surface area contributed by atoms with Gasteiger partial charge in [0.05, 0.1) is 0 Å². The molecule has 0 radical (unpaired) electrons. The highest BCUT2D eigenvalue weighted by Gasteiger charge is 2.54. The summed E-state index contributed by atoms with van der Waals surface area (Å²) in [6.07, 6.45) is 0.350. The van der Waals surface area contributed by atoms with E-state index < -0.39 is 29.2 Å². The van der Waals surface area contributed by atoms with Crippen LogP contribution in [0.15, 0.2) is 40.0 Å². The van der Waals surface area contributed by atoms with E-state index in [1.165, 1.54) is 42.5 Å². The number of oxime groups is 1. The average Bonchev–Trinajstić information content (AvgIpc) is 3.31. The normalized spacial score (nSPS) is 19.1. The third-order valence-electron chi connectivity index (χ3n) is 5.96. The van der Waals surface area contributed by atoms with Crippen molar-refractivity contribution in [2.24, 2.45) is 5.16 Å². The number of hydrogen-bond donors (Lipinski definition) is 3. The highest BCUT2D eigenvalue weighted by atomic mass is 32.2. The number of thioether (sulfide) groups is 2. The Hall–Kier alpha value is -3.36. The van der Waals surface area contributed by atoms with Gasteiger partial charge in [-0.15, -0.1) is 23.1 Å². The van der Waals surface area contributed by atoms with Gasteiger partial charge in [0.1, 0.15) is 29.9 Å². The highest BCUT2D eigenvalue weighted by Crippen LogP contribution is 2.41. The van der Waals surface area contributed by atoms with E-state index >= 15 is 0 Å². The van der Waals surface area contributed by atoms with Gasteiger partial charge in [0.2, 0.25) is 0 Å². The molecule has 200 valence electrons. The molecular weight excluding hydrogens is 550 g/mol. The molecule has 1 aromatic carbocycles. The van der Waals surface area contributed by atoms with Gasteiger partial charge in [-0.05, 0) is 35.6 Å². The Morgan fingerprint density at radius 3 is 2.76 bits per heavy atom. The summed E-state index contributed by atoms with van der Waals surface area (Å²) in [5, 5.41) is 17.6. The monoisotopic (exact) mass is 575 g/mol. The lowest BCUT2D eigenvalue weighted by atomic mass is 9.95. The minimum Gasteiger partial charge on any atom is -0.477 e. The zero-order valence-corrected chi connectivity index (χ0v) is 23.2. The Morgan fingerprint density at radius 2 is 2.13 bits per heavy atom. The van der Waals surface area contributed by atoms with Crippen molar-refractivity contribution in [3.8, 4) is 0 Å². The maximum atomic E-state index is 13.1. The average molecular weight is 576 g/mol. The first kappa shape index (κ1) is 27.7. The molecule has 2 amide bonds. The third-order valence-corrected chi connectivity index (χ3v) is 8.86. The highest BCUT2D eigenvalue weighted by molar-refractivity contribution is 8.12. The van der Waals surface area contributed by atoms with Crippen LogP contribution in [0, 0.1) is 6.92 Å². The van der Waals surface area contributed by atoms with E-state index in [1.54, 1.807) is 5.38 Å². The van der Waals surface area contributed by atoms with Gasteiger partial charge in [0, 0.05) is 23.8 Å². The molecule has 14 heteroatoms. The number of carboxylic acids is 1. The fourth-order valence-corrected chi connectivity index (χ4v) is 6.58. The van der Waals surface area contributed by atoms with Crippen molar-refractivity contribution in [3.63, 3.8) is 0 Å². The number of benzene rings is 1. The number of carbonyl (C=O) groups excluding carboxylic acids is 3. The van der Waals surface area contributed by atoms with Crippen molar-refractivity contribution in [1.82, 2.24) is 15.2 Å². The van der Waals surface area contributed by atoms with Gasteiger partial charge in [0.25, 0.3) is 11.8 Å². The molecule has 4 N–H and O–H groups in total. The number of aromatic nitrogens is 1. The minimum absolute atomic E-state index is 0.0204. The van der Waals surface area contributed by atoms with Crippen molar-refractivity contribution in [1.29, 1.82) is 0 Å². The summed E-state index contributed by atoms with van der Waals surface area (Å²) in [5.74, 6) is -1.51. The van der Waals surface area contributed by atoms with E-state index in [1.807, 2.05) is 25.1 Å². The van der Waals surface area contributed by atoms with Crippen LogP contribution in [0.5, 0.6) is 0 Å². The van der Waals surface area contributed by atoms with Crippen LogP contribution in [0.3, 0.4) is 0 Å². The molecule has 0 aliphatic carbocycles. The third kappa shape index (κ3) is 5.71. The predicted molar refractivity (Wildman–Crippen MR) is 147 cm³/mol. The molecule has 2 atom stereocenters. The van der Waals surface area contributed by atoms with Crippen LogP contribution in [0.4, 0.5) is 5.13 Å². The van der Waals surface area contributed by atoms with Crippen LogP contribution in [0.1, 0.15) is 29.3 Å². The van der Waals surface area contributed by atoms with Crippen LogP contribution in [0.25, 0.3) is 0 Å². The van der Waals surface area contributed by atoms with Gasteiger partial charge in [-0.3, -0.25) is 19.3 Å². The number of β-lactam (4-membered cyclic amide) rings is 1. The molecule has 1 saturated heterocycles. The first-order valence-corrected chi connectivity index (χ1v) is 14.3. The fraction of sp³-hybridized carbons (Fsp3) is 0.333. The number of carboxylic acid groups (broad SMARTS) is 1. The van der Waals surface area contributed by atoms with Crippen LogP contribution < -0.4 is 11.1 Å². The summed E-state index contributed by atoms with van der Waals surface area (Å²) >= 11 is 3.71. The Labute approximate surface area is 230 Å². The van der Waals surface area contributed by atoms with E-state index in [0.29, 0.717) is 23.5 Å². The number of nitrogens with one attached hydrogen (secondary N) is 1. The molecule has 38 heavy (non-hydrogen) atoms. The number of carbonyl (C=O) groups is 4. The molecule has 3 heterocycles. The number of hydrogen-bond acceptors (Lipinski definition) is 11. The predicted octanol–water partition coefficient (Wildman–Crippen LogP) is 2.15. The molecule has 2 unspecified atom stereocenters. The molecule has 11 nitrogen and oxygen atoms in total. The maximum Gasteiger partial charge on any atom is 0.352 e. The lowest BCUT2D eigenvalue weighted by Gasteiger charge is -2.49. The van der Waals surface area contributed by atoms with Gasteiger partial charge in [-0.25, -0.2) is 9.78 Å². The largest absolute Gasteiger partial charge is 0.477 e. The van der Waals surface area contributed by atoms with E-state index in [4.69, 9.17) is 10.6 Å². The van der Waals surface area contributed by atoms with Crippen LogP contribution in [0.2, 0.25) is 0 Å². The first-order chi connectivity index (χ1) is 18.1. The van der Waals surface area contributed by atoms with Crippen molar-refractivity contribution < 1.29 is 29.1 Å². The van der Waals surface area contributed by atoms with E-state index in [0.717, 1.165) is 28.0 Å². The second-order valence-electron chi connectivity index (χ2n) is 8.53. The second kappa shape index (κ2) is 11.6. The number of rotatable bonds is 9. The zero-order valence-electron chi connectivity index (χ0n) is 20.7. The fourth-order valence-electron chi connectivity index (χ4n) is 4.14. The molecular formula is C24H25N5O6S3. The van der Waals surface area contributed by atoms with E-state index in [-0.39, 0.29) is 27.3 Å². The summed E-state index contributed by atoms with van der Waals surface area (Å²) in [5.41, 5.74) is 9.15. The number of anilines is 1. The summed E-state index contributed by atoms with van der Waals surface area (Å²) < 4.78 is 0. The zero-order chi connectivity index (χ0) is 27.6. The minimum atomic E-state index is -1.20. The van der Waals surface area contributed by atoms with Crippen molar-refractivity contribution in [3.05, 3.63) is 57.2 Å². The number of aryl methyl sites for hydroxylation is 1. The molecule has 2 aliphatic rings. The number of aliphatic carboxylic acids is 1. The van der Waals surface area contributed by atoms with E-state index in [9.17, 15) is 24.3 Å². The number of amides is 2. The summed E-state index contributed by atoms with van der Waals surface area (Å²) in [4.78, 5) is 59.7. The smallest absolute Gasteiger partial charge is 0.352 e. The van der Waals surface area contributed by atoms with Crippen molar-refractivity contribution in [2.75, 3.05) is 18.6 Å². The van der Waals surface area contributed by atoms with Gasteiger partial charge < -0.3 is 21.0 Å².